The average molecular weight is 969 g/mol. The predicted octanol–water partition coefficient (Wildman–Crippen LogP) is 2.55. The molecular weight excluding hydrogens is 902 g/mol. The second-order valence-electron chi connectivity index (χ2n) is 17.3. The van der Waals surface area contributed by atoms with Crippen molar-refractivity contribution in [2.75, 3.05) is 78.5 Å². The molecule has 3 fully saturated rings. The number of nitrogens with zero attached hydrogens (tertiary/aromatic N) is 3. The van der Waals surface area contributed by atoms with Crippen molar-refractivity contribution in [2.45, 2.75) is 113 Å². The van der Waals surface area contributed by atoms with Crippen LogP contribution in [0.25, 0.3) is 0 Å². The molecule has 4 amide bonds. The molecule has 1 aromatic carbocycles. The van der Waals surface area contributed by atoms with Crippen LogP contribution in [0.4, 0.5) is 10.5 Å². The zero-order valence-corrected chi connectivity index (χ0v) is 40.6. The maximum Gasteiger partial charge on any atom is 0.409 e. The van der Waals surface area contributed by atoms with E-state index in [-0.39, 0.29) is 55.5 Å². The summed E-state index contributed by atoms with van der Waals surface area (Å²) in [4.78, 5) is 71.8. The molecule has 0 aliphatic carbocycles. The maximum atomic E-state index is 14.3. The highest BCUT2D eigenvalue weighted by Crippen LogP contribution is 2.49. The summed E-state index contributed by atoms with van der Waals surface area (Å²) in [6.07, 6.45) is -0.286. The van der Waals surface area contributed by atoms with Gasteiger partial charge < -0.3 is 63.8 Å². The number of rotatable bonds is 17. The Morgan fingerprint density at radius 1 is 1.15 bits per heavy atom. The Labute approximate surface area is 395 Å². The summed E-state index contributed by atoms with van der Waals surface area (Å²) in [5.41, 5.74) is 4.29. The predicted molar refractivity (Wildman–Crippen MR) is 245 cm³/mol. The normalized spacial score (nSPS) is 30.9. The molecule has 4 heterocycles. The van der Waals surface area contributed by atoms with Crippen molar-refractivity contribution in [3.8, 4) is 5.75 Å². The molecule has 0 saturated carbocycles. The minimum Gasteiger partial charge on any atom is -0.495 e. The highest BCUT2D eigenvalue weighted by molar-refractivity contribution is 8.00. The summed E-state index contributed by atoms with van der Waals surface area (Å²) in [6.45, 7) is 8.84. The summed E-state index contributed by atoms with van der Waals surface area (Å²) in [5.74, 6) is -1.92. The molecule has 0 radical (unpaired) electrons. The number of nitrogens with two attached hydrogens (primary N) is 1. The van der Waals surface area contributed by atoms with Gasteiger partial charge in [-0.3, -0.25) is 19.7 Å². The summed E-state index contributed by atoms with van der Waals surface area (Å²) in [7, 11) is 5.91. The summed E-state index contributed by atoms with van der Waals surface area (Å²) in [5, 5.41) is 24.5. The number of fused-ring (bicyclic) bond motifs is 5. The minimum absolute atomic E-state index is 0.0165. The van der Waals surface area contributed by atoms with Gasteiger partial charge in [0, 0.05) is 65.2 Å². The summed E-state index contributed by atoms with van der Waals surface area (Å²) >= 11 is 8.05. The molecule has 66 heavy (non-hydrogen) atoms. The number of hydrogen-bond donors (Lipinski definition) is 4. The smallest absolute Gasteiger partial charge is 0.409 e. The van der Waals surface area contributed by atoms with Crippen molar-refractivity contribution in [3.63, 3.8) is 0 Å². The van der Waals surface area contributed by atoms with Gasteiger partial charge in [0.1, 0.15) is 47.0 Å². The fourth-order valence-corrected chi connectivity index (χ4v) is 9.88. The number of thioether (sulfide) groups is 1. The first-order valence-corrected chi connectivity index (χ1v) is 23.5. The van der Waals surface area contributed by atoms with E-state index >= 15 is 0 Å². The Balaban J connectivity index is 1.31. The van der Waals surface area contributed by atoms with Crippen LogP contribution in [0.1, 0.15) is 58.9 Å². The third-order valence-electron chi connectivity index (χ3n) is 12.6. The first-order valence-electron chi connectivity index (χ1n) is 22.1. The fourth-order valence-electron chi connectivity index (χ4n) is 8.40. The molecule has 4 aliphatic rings. The molecular formula is C45H66ClN5O14S. The standard InChI is InChI=1S/C45H66ClN5O14S/c1-26-10-9-11-34(60-8)45(58)25-32(63-43(57)48-45)27(2)40-44(4,65-40)35(24-37(53)50(6)30-21-29(20-26)22-31(59-7)39(30)46)64-42(56)28(3)49(5)36(52)12-19-66-33-23-38(54)51(41(33)55)14-16-62-18-17-61-15-13-47/h9-11,21-22,27-28,32-35,38,40,54,58H,12-20,23-25,47H2,1-8H3,(H,48,57)/b11-9+,26-10+/t27-,28+,32+,33?,34-,35+,38?,40+,44+,45+/m1/s1. The maximum absolute atomic E-state index is 14.3. The number of esters is 1. The Bertz CT molecular complexity index is 1980. The largest absolute Gasteiger partial charge is 0.495 e. The molecule has 5 rings (SSSR count). The number of amides is 4. The third-order valence-corrected chi connectivity index (χ3v) is 14.2. The lowest BCUT2D eigenvalue weighted by Crippen LogP contribution is -2.63. The van der Waals surface area contributed by atoms with Gasteiger partial charge in [-0.2, -0.15) is 0 Å². The van der Waals surface area contributed by atoms with Crippen LogP contribution in [0.5, 0.6) is 5.75 Å². The Kier molecular flexibility index (Phi) is 18.7. The quantitative estimate of drug-likeness (QED) is 0.0997. The molecule has 10 atom stereocenters. The lowest BCUT2D eigenvalue weighted by atomic mass is 9.83. The van der Waals surface area contributed by atoms with Crippen LogP contribution in [-0.2, 0) is 54.0 Å². The number of aliphatic hydroxyl groups excluding tert-OH is 1. The van der Waals surface area contributed by atoms with Crippen LogP contribution in [0, 0.1) is 5.92 Å². The van der Waals surface area contributed by atoms with Crippen molar-refractivity contribution in [1.29, 1.82) is 0 Å². The number of likely N-dealkylation sites (N-methyl/N-ethyl adjacent to an activating group) is 1. The summed E-state index contributed by atoms with van der Waals surface area (Å²) < 4.78 is 40.2. The number of benzene rings is 1. The molecule has 0 aromatic heterocycles. The number of ether oxygens (including phenoxy) is 7. The number of carbonyl (C=O) groups is 5. The van der Waals surface area contributed by atoms with Crippen LogP contribution in [-0.4, -0.2) is 177 Å². The molecule has 0 spiro atoms. The molecule has 4 aliphatic heterocycles. The lowest BCUT2D eigenvalue weighted by molar-refractivity contribution is -0.162. The van der Waals surface area contributed by atoms with Gasteiger partial charge in [0.2, 0.25) is 17.7 Å². The van der Waals surface area contributed by atoms with E-state index in [2.05, 4.69) is 5.32 Å². The Hall–Kier alpha value is -3.99. The fraction of sp³-hybridized carbons (Fsp3) is 0.667. The van der Waals surface area contributed by atoms with Gasteiger partial charge in [0.05, 0.1) is 57.0 Å². The van der Waals surface area contributed by atoms with E-state index < -0.39 is 83.1 Å². The van der Waals surface area contributed by atoms with Gasteiger partial charge in [0.25, 0.3) is 0 Å². The number of likely N-dealkylation sites (tertiary alicyclic amines) is 1. The molecule has 1 aromatic rings. The van der Waals surface area contributed by atoms with E-state index in [1.165, 1.54) is 54.7 Å². The number of hydrogen-bond acceptors (Lipinski definition) is 16. The van der Waals surface area contributed by atoms with E-state index in [1.807, 2.05) is 13.0 Å². The number of aliphatic hydroxyl groups is 2. The van der Waals surface area contributed by atoms with Crippen molar-refractivity contribution in [2.24, 2.45) is 11.7 Å². The topological polar surface area (TPSA) is 241 Å². The van der Waals surface area contributed by atoms with Gasteiger partial charge in [-0.25, -0.2) is 9.59 Å². The first-order chi connectivity index (χ1) is 31.3. The van der Waals surface area contributed by atoms with Crippen molar-refractivity contribution in [3.05, 3.63) is 46.5 Å². The van der Waals surface area contributed by atoms with Crippen LogP contribution in [0.2, 0.25) is 5.02 Å². The van der Waals surface area contributed by atoms with E-state index in [9.17, 15) is 34.2 Å². The van der Waals surface area contributed by atoms with Gasteiger partial charge in [0.15, 0.2) is 5.72 Å². The van der Waals surface area contributed by atoms with Crippen molar-refractivity contribution < 1.29 is 67.3 Å². The van der Waals surface area contributed by atoms with Gasteiger partial charge in [-0.05, 0) is 44.9 Å². The van der Waals surface area contributed by atoms with Crippen LogP contribution in [0.3, 0.4) is 0 Å². The van der Waals surface area contributed by atoms with E-state index in [4.69, 9.17) is 50.5 Å². The van der Waals surface area contributed by atoms with Crippen LogP contribution < -0.4 is 20.7 Å². The monoisotopic (exact) mass is 967 g/mol. The average Bonchev–Trinajstić information content (AvgIpc) is 3.90. The van der Waals surface area contributed by atoms with Gasteiger partial charge in [-0.1, -0.05) is 42.3 Å². The number of alkyl carbamates (subject to hydrolysis) is 1. The highest BCUT2D eigenvalue weighted by atomic mass is 35.5. The third kappa shape index (κ3) is 12.8. The lowest BCUT2D eigenvalue weighted by Gasteiger charge is -2.42. The number of nitrogens with one attached hydrogen (secondary N) is 1. The number of epoxide rings is 1. The molecule has 19 nitrogen and oxygen atoms in total. The van der Waals surface area contributed by atoms with Crippen LogP contribution in [0.15, 0.2) is 35.9 Å². The number of halogens is 1. The Morgan fingerprint density at radius 2 is 1.86 bits per heavy atom. The first kappa shape index (κ1) is 53.0. The van der Waals surface area contributed by atoms with E-state index in [0.717, 1.165) is 11.1 Å². The molecule has 4 bridgehead atoms. The number of methoxy groups -OCH3 is 2. The minimum atomic E-state index is -1.87. The zero-order valence-electron chi connectivity index (χ0n) is 39.0. The molecule has 368 valence electrons. The van der Waals surface area contributed by atoms with Crippen LogP contribution >= 0.6 is 23.4 Å². The SMILES string of the molecule is COc1cc2cc(c1Cl)N(C)C(=O)C[C@H](OC(=O)[C@H](C)N(C)C(=O)CCSC1CC(O)N(CCOCCOCCN)C1=O)[C@]1(C)O[C@H]1[C@H](C)[C@@H]1C[C@@](O)(NC(=O)O1)[C@H](OC)/C=C/C=C(\C)C2. The molecule has 21 heteroatoms. The number of anilines is 1. The Morgan fingerprint density at radius 3 is 2.55 bits per heavy atom. The van der Waals surface area contributed by atoms with Gasteiger partial charge >= 0.3 is 12.1 Å². The van der Waals surface area contributed by atoms with E-state index in [0.29, 0.717) is 44.2 Å². The zero-order chi connectivity index (χ0) is 48.5. The molecule has 2 unspecified atom stereocenters. The van der Waals surface area contributed by atoms with E-state index in [1.54, 1.807) is 45.2 Å². The van der Waals surface area contributed by atoms with Gasteiger partial charge in [-0.15, -0.1) is 11.8 Å². The highest BCUT2D eigenvalue weighted by Gasteiger charge is 2.64. The van der Waals surface area contributed by atoms with Crippen molar-refractivity contribution >= 4 is 58.8 Å². The van der Waals surface area contributed by atoms with Crippen molar-refractivity contribution in [1.82, 2.24) is 15.1 Å². The molecule has 3 saturated heterocycles. The second-order valence-corrected chi connectivity index (χ2v) is 19.0. The second kappa shape index (κ2) is 23.3. The number of carbonyl (C=O) groups excluding carboxylic acids is 5. The number of allylic oxidation sites excluding steroid dienone is 3. The molecule has 5 N–H and O–H groups in total. The summed E-state index contributed by atoms with van der Waals surface area (Å²) in [6, 6.07) is 2.44.